The van der Waals surface area contributed by atoms with Crippen LogP contribution >= 0.6 is 0 Å². The Morgan fingerprint density at radius 3 is 2.59 bits per heavy atom. The maximum Gasteiger partial charge on any atom is 0.319 e. The number of fused-ring (bicyclic) bond motifs is 1. The molecule has 4 heterocycles. The molecule has 0 radical (unpaired) electrons. The van der Waals surface area contributed by atoms with Gasteiger partial charge < -0.3 is 19.5 Å². The van der Waals surface area contributed by atoms with Crippen LogP contribution < -0.4 is 5.56 Å². The molecule has 1 aromatic carbocycles. The largest absolute Gasteiger partial charge is 0.381 e. The van der Waals surface area contributed by atoms with Gasteiger partial charge in [0.05, 0.1) is 11.0 Å². The molecule has 2 aliphatic heterocycles. The Morgan fingerprint density at radius 1 is 1.15 bits per heavy atom. The summed E-state index contributed by atoms with van der Waals surface area (Å²) in [4.78, 5) is 37.5. The molecule has 0 atom stereocenters. The smallest absolute Gasteiger partial charge is 0.319 e. The number of likely N-dealkylation sites (tertiary alicyclic amines) is 1. The van der Waals surface area contributed by atoms with Gasteiger partial charge in [-0.3, -0.25) is 9.89 Å². The van der Waals surface area contributed by atoms with Gasteiger partial charge in [0.25, 0.3) is 5.56 Å². The van der Waals surface area contributed by atoms with Gasteiger partial charge in [0.1, 0.15) is 0 Å². The number of urea groups is 1. The number of nitrogens with zero attached hydrogens (tertiary/aromatic N) is 4. The highest BCUT2D eigenvalue weighted by Crippen LogP contribution is 2.30. The summed E-state index contributed by atoms with van der Waals surface area (Å²) in [5, 5.41) is 3.42. The summed E-state index contributed by atoms with van der Waals surface area (Å²) in [5.74, 6) is 1.33. The summed E-state index contributed by atoms with van der Waals surface area (Å²) < 4.78 is 7.09. The van der Waals surface area contributed by atoms with Gasteiger partial charge >= 0.3 is 6.03 Å². The molecule has 0 saturated carbocycles. The quantitative estimate of drug-likeness (QED) is 0.603. The van der Waals surface area contributed by atoms with Crippen LogP contribution in [0.5, 0.6) is 0 Å². The van der Waals surface area contributed by atoms with Crippen molar-refractivity contribution in [2.75, 3.05) is 40.4 Å². The van der Waals surface area contributed by atoms with Gasteiger partial charge in [0.2, 0.25) is 5.95 Å². The Balaban J connectivity index is 1.43. The first-order valence-electron chi connectivity index (χ1n) is 12.3. The van der Waals surface area contributed by atoms with E-state index < -0.39 is 0 Å². The van der Waals surface area contributed by atoms with Crippen molar-refractivity contribution < 1.29 is 9.53 Å². The minimum atomic E-state index is -0.0205. The molecule has 2 amide bonds. The molecule has 2 N–H and O–H groups in total. The lowest BCUT2D eigenvalue weighted by Crippen LogP contribution is -2.43. The van der Waals surface area contributed by atoms with Gasteiger partial charge in [-0.25, -0.2) is 9.78 Å². The molecular formula is C25H34N6O3. The van der Waals surface area contributed by atoms with Crippen LogP contribution in [-0.4, -0.2) is 76.0 Å². The lowest BCUT2D eigenvalue weighted by Gasteiger charge is -2.33. The predicted molar refractivity (Wildman–Crippen MR) is 131 cm³/mol. The topological polar surface area (TPSA) is 99.3 Å². The number of nitrogens with one attached hydrogen (secondary N) is 2. The van der Waals surface area contributed by atoms with E-state index in [1.165, 1.54) is 0 Å². The number of rotatable bonds is 5. The highest BCUT2D eigenvalue weighted by Gasteiger charge is 2.30. The molecule has 2 aliphatic rings. The van der Waals surface area contributed by atoms with E-state index in [-0.39, 0.29) is 17.5 Å². The molecule has 182 valence electrons. The number of piperidine rings is 1. The van der Waals surface area contributed by atoms with E-state index in [1.54, 1.807) is 23.7 Å². The molecular weight excluding hydrogens is 432 g/mol. The van der Waals surface area contributed by atoms with E-state index in [0.717, 1.165) is 74.0 Å². The average molecular weight is 467 g/mol. The molecule has 9 heteroatoms. The number of imidazole rings is 1. The second kappa shape index (κ2) is 9.66. The number of aromatic nitrogens is 4. The average Bonchev–Trinajstić information content (AvgIpc) is 3.43. The van der Waals surface area contributed by atoms with E-state index in [1.807, 2.05) is 29.2 Å². The lowest BCUT2D eigenvalue weighted by molar-refractivity contribution is 0.0640. The van der Waals surface area contributed by atoms with E-state index in [0.29, 0.717) is 25.0 Å². The van der Waals surface area contributed by atoms with Gasteiger partial charge in [-0.1, -0.05) is 12.1 Å². The maximum atomic E-state index is 13.6. The normalized spacial score (nSPS) is 18.0. The molecule has 2 fully saturated rings. The molecule has 0 unspecified atom stereocenters. The van der Waals surface area contributed by atoms with Gasteiger partial charge in [-0.2, -0.15) is 4.68 Å². The van der Waals surface area contributed by atoms with Crippen LogP contribution in [0.1, 0.15) is 49.3 Å². The fraction of sp³-hybridized carbons (Fsp3) is 0.560. The fourth-order valence-electron chi connectivity index (χ4n) is 5.29. The van der Waals surface area contributed by atoms with Crippen LogP contribution in [-0.2, 0) is 11.2 Å². The van der Waals surface area contributed by atoms with Crippen molar-refractivity contribution in [2.45, 2.75) is 44.4 Å². The molecule has 9 nitrogen and oxygen atoms in total. The van der Waals surface area contributed by atoms with Crippen molar-refractivity contribution in [1.29, 1.82) is 0 Å². The highest BCUT2D eigenvalue weighted by molar-refractivity contribution is 5.76. The predicted octanol–water partition coefficient (Wildman–Crippen LogP) is 3.26. The number of hydrogen-bond acceptors (Lipinski definition) is 4. The van der Waals surface area contributed by atoms with Crippen LogP contribution in [0.15, 0.2) is 29.1 Å². The second-order valence-electron chi connectivity index (χ2n) is 9.75. The minimum absolute atomic E-state index is 0.0205. The number of para-hydroxylation sites is 2. The summed E-state index contributed by atoms with van der Waals surface area (Å²) in [6.45, 7) is 3.01. The first kappa shape index (κ1) is 22.7. The third kappa shape index (κ3) is 4.49. The Hall–Kier alpha value is -3.07. The molecule has 34 heavy (non-hydrogen) atoms. The first-order chi connectivity index (χ1) is 16.5. The third-order valence-corrected chi connectivity index (χ3v) is 7.31. The summed E-state index contributed by atoms with van der Waals surface area (Å²) in [5.41, 5.74) is 3.59. The SMILES string of the molecule is CN(C)C(=O)N1CCC(c2[nH]n(-c3nc4ccccc4[nH]3)c(=O)c2CCC2CCOCC2)CC1. The maximum absolute atomic E-state index is 13.6. The monoisotopic (exact) mass is 466 g/mol. The Labute approximate surface area is 199 Å². The Morgan fingerprint density at radius 2 is 1.88 bits per heavy atom. The van der Waals surface area contributed by atoms with Crippen LogP contribution in [0, 0.1) is 5.92 Å². The van der Waals surface area contributed by atoms with Crippen molar-refractivity contribution in [2.24, 2.45) is 5.92 Å². The molecule has 0 aliphatic carbocycles. The Bertz CT molecular complexity index is 1160. The number of benzene rings is 1. The van der Waals surface area contributed by atoms with Crippen molar-refractivity contribution in [3.8, 4) is 5.95 Å². The van der Waals surface area contributed by atoms with E-state index in [2.05, 4.69) is 15.1 Å². The second-order valence-corrected chi connectivity index (χ2v) is 9.75. The summed E-state index contributed by atoms with van der Waals surface area (Å²) >= 11 is 0. The lowest BCUT2D eigenvalue weighted by atomic mass is 9.88. The van der Waals surface area contributed by atoms with E-state index >= 15 is 0 Å². The van der Waals surface area contributed by atoms with Crippen LogP contribution in [0.3, 0.4) is 0 Å². The fourth-order valence-corrected chi connectivity index (χ4v) is 5.29. The summed E-state index contributed by atoms with van der Waals surface area (Å²) in [6.07, 6.45) is 5.53. The number of aromatic amines is 2. The number of carbonyl (C=O) groups excluding carboxylic acids is 1. The number of carbonyl (C=O) groups is 1. The summed E-state index contributed by atoms with van der Waals surface area (Å²) in [7, 11) is 3.57. The molecule has 0 bridgehead atoms. The molecule has 0 spiro atoms. The standard InChI is InChI=1S/C25H34N6O3/c1-29(2)25(33)30-13-9-18(10-14-30)22-19(8-7-17-11-15-34-16-12-17)23(32)31(28-22)24-26-20-5-3-4-6-21(20)27-24/h3-6,17-18,28H,7-16H2,1-2H3,(H,26,27). The summed E-state index contributed by atoms with van der Waals surface area (Å²) in [6, 6.07) is 7.84. The van der Waals surface area contributed by atoms with Crippen LogP contribution in [0.4, 0.5) is 4.79 Å². The van der Waals surface area contributed by atoms with Gasteiger partial charge in [0, 0.05) is 57.6 Å². The van der Waals surface area contributed by atoms with Crippen molar-refractivity contribution in [3.05, 3.63) is 45.9 Å². The molecule has 5 rings (SSSR count). The van der Waals surface area contributed by atoms with E-state index in [4.69, 9.17) is 4.74 Å². The zero-order valence-corrected chi connectivity index (χ0v) is 20.0. The van der Waals surface area contributed by atoms with Crippen molar-refractivity contribution >= 4 is 17.1 Å². The number of amides is 2. The first-order valence-corrected chi connectivity index (χ1v) is 12.3. The Kier molecular flexibility index (Phi) is 6.45. The molecule has 2 saturated heterocycles. The number of H-pyrrole nitrogens is 2. The van der Waals surface area contributed by atoms with Gasteiger partial charge in [0.15, 0.2) is 0 Å². The number of ether oxygens (including phenoxy) is 1. The zero-order valence-electron chi connectivity index (χ0n) is 20.0. The van der Waals surface area contributed by atoms with Crippen molar-refractivity contribution in [3.63, 3.8) is 0 Å². The highest BCUT2D eigenvalue weighted by atomic mass is 16.5. The number of hydrogen-bond donors (Lipinski definition) is 2. The third-order valence-electron chi connectivity index (χ3n) is 7.31. The van der Waals surface area contributed by atoms with Gasteiger partial charge in [-0.05, 0) is 56.6 Å². The van der Waals surface area contributed by atoms with Crippen molar-refractivity contribution in [1.82, 2.24) is 29.5 Å². The zero-order chi connectivity index (χ0) is 23.7. The van der Waals surface area contributed by atoms with Crippen LogP contribution in [0.25, 0.3) is 17.0 Å². The molecule has 2 aromatic heterocycles. The van der Waals surface area contributed by atoms with E-state index in [9.17, 15) is 9.59 Å². The minimum Gasteiger partial charge on any atom is -0.381 e. The van der Waals surface area contributed by atoms with Gasteiger partial charge in [-0.15, -0.1) is 0 Å². The van der Waals surface area contributed by atoms with Crippen LogP contribution in [0.2, 0.25) is 0 Å². The molecule has 3 aromatic rings.